The fraction of sp³-hybridized carbons (Fsp3) is 0.500. The summed E-state index contributed by atoms with van der Waals surface area (Å²) in [4.78, 5) is 2.69. The molecule has 1 heteroatoms. The number of benzene rings is 1. The van der Waals surface area contributed by atoms with Crippen LogP contribution in [0.3, 0.4) is 0 Å². The lowest BCUT2D eigenvalue weighted by Gasteiger charge is -2.38. The van der Waals surface area contributed by atoms with Crippen LogP contribution in [-0.4, -0.2) is 17.0 Å². The zero-order chi connectivity index (χ0) is 11.6. The van der Waals surface area contributed by atoms with Crippen LogP contribution >= 0.6 is 0 Å². The normalized spacial score (nSPS) is 28.9. The van der Waals surface area contributed by atoms with Crippen LogP contribution < -0.4 is 0 Å². The molecule has 1 fully saturated rings. The molecule has 90 valence electrons. The third-order valence-corrected chi connectivity index (χ3v) is 4.29. The lowest BCUT2D eigenvalue weighted by molar-refractivity contribution is 0.158. The van der Waals surface area contributed by atoms with Gasteiger partial charge in [0.2, 0.25) is 0 Å². The first-order valence-electron chi connectivity index (χ1n) is 6.86. The highest BCUT2D eigenvalue weighted by atomic mass is 15.2. The molecule has 1 aromatic rings. The number of nitrogens with zero attached hydrogens (tertiary/aromatic N) is 1. The third-order valence-electron chi connectivity index (χ3n) is 4.29. The van der Waals surface area contributed by atoms with Crippen molar-refractivity contribution in [2.24, 2.45) is 0 Å². The molecule has 1 atom stereocenters. The maximum Gasteiger partial charge on any atom is 0.0395 e. The molecule has 0 bridgehead atoms. The molecule has 0 N–H and O–H groups in total. The second kappa shape index (κ2) is 4.66. The summed E-state index contributed by atoms with van der Waals surface area (Å²) in [5.41, 5.74) is 1.85. The maximum absolute atomic E-state index is 2.69. The largest absolute Gasteiger partial charge is 0.290 e. The van der Waals surface area contributed by atoms with Crippen molar-refractivity contribution in [1.29, 1.82) is 0 Å². The first-order valence-corrected chi connectivity index (χ1v) is 6.86. The van der Waals surface area contributed by atoms with E-state index in [0.717, 1.165) is 6.54 Å². The van der Waals surface area contributed by atoms with Crippen LogP contribution in [0.1, 0.15) is 37.7 Å². The quantitative estimate of drug-likeness (QED) is 0.695. The molecule has 17 heavy (non-hydrogen) atoms. The third kappa shape index (κ3) is 2.16. The molecule has 1 aromatic carbocycles. The second-order valence-corrected chi connectivity index (χ2v) is 5.41. The average Bonchev–Trinajstić information content (AvgIpc) is 2.74. The molecule has 1 heterocycles. The van der Waals surface area contributed by atoms with Gasteiger partial charge in [0, 0.05) is 12.1 Å². The summed E-state index contributed by atoms with van der Waals surface area (Å²) in [6.45, 7) is 2.38. The van der Waals surface area contributed by atoms with Crippen LogP contribution in [0.15, 0.2) is 42.5 Å². The Labute approximate surface area is 104 Å². The van der Waals surface area contributed by atoms with Crippen LogP contribution in [0.2, 0.25) is 0 Å². The Bertz CT molecular complexity index is 395. The molecule has 1 spiro atoms. The Kier molecular flexibility index (Phi) is 3.02. The van der Waals surface area contributed by atoms with Crippen molar-refractivity contribution in [3.05, 3.63) is 48.0 Å². The van der Waals surface area contributed by atoms with E-state index < -0.39 is 0 Å². The van der Waals surface area contributed by atoms with Crippen molar-refractivity contribution in [3.8, 4) is 0 Å². The van der Waals surface area contributed by atoms with Crippen molar-refractivity contribution in [1.82, 2.24) is 4.90 Å². The molecular weight excluding hydrogens is 206 g/mol. The molecule has 0 amide bonds. The fourth-order valence-electron chi connectivity index (χ4n) is 3.38. The Morgan fingerprint density at radius 1 is 1.06 bits per heavy atom. The maximum atomic E-state index is 2.69. The van der Waals surface area contributed by atoms with Crippen molar-refractivity contribution >= 4 is 0 Å². The molecule has 0 radical (unpaired) electrons. The molecule has 3 rings (SSSR count). The molecule has 2 aliphatic rings. The van der Waals surface area contributed by atoms with E-state index in [9.17, 15) is 0 Å². The minimum atomic E-state index is 0.397. The lowest BCUT2D eigenvalue weighted by Crippen LogP contribution is -2.42. The highest BCUT2D eigenvalue weighted by Crippen LogP contribution is 2.38. The van der Waals surface area contributed by atoms with Gasteiger partial charge in [0.1, 0.15) is 0 Å². The van der Waals surface area contributed by atoms with Gasteiger partial charge < -0.3 is 0 Å². The van der Waals surface area contributed by atoms with Crippen molar-refractivity contribution in [3.63, 3.8) is 0 Å². The van der Waals surface area contributed by atoms with E-state index in [1.807, 2.05) is 0 Å². The van der Waals surface area contributed by atoms with Crippen LogP contribution in [0.25, 0.3) is 0 Å². The smallest absolute Gasteiger partial charge is 0.0395 e. The van der Waals surface area contributed by atoms with Gasteiger partial charge >= 0.3 is 0 Å². The van der Waals surface area contributed by atoms with Gasteiger partial charge in [-0.3, -0.25) is 4.90 Å². The van der Waals surface area contributed by atoms with Gasteiger partial charge in [-0.2, -0.15) is 0 Å². The van der Waals surface area contributed by atoms with E-state index in [-0.39, 0.29) is 0 Å². The van der Waals surface area contributed by atoms with Gasteiger partial charge in [0.25, 0.3) is 0 Å². The van der Waals surface area contributed by atoms with Crippen molar-refractivity contribution < 1.29 is 0 Å². The lowest BCUT2D eigenvalue weighted by atomic mass is 9.85. The molecule has 1 aliphatic heterocycles. The summed E-state index contributed by atoms with van der Waals surface area (Å²) in [6, 6.07) is 10.9. The predicted molar refractivity (Wildman–Crippen MR) is 71.8 cm³/mol. The molecule has 1 aliphatic carbocycles. The summed E-state index contributed by atoms with van der Waals surface area (Å²) in [7, 11) is 0. The second-order valence-electron chi connectivity index (χ2n) is 5.41. The average molecular weight is 227 g/mol. The van der Waals surface area contributed by atoms with Crippen LogP contribution in [0, 0.1) is 0 Å². The van der Waals surface area contributed by atoms with Crippen LogP contribution in [0.5, 0.6) is 0 Å². The molecule has 1 nitrogen and oxygen atoms in total. The Morgan fingerprint density at radius 3 is 2.65 bits per heavy atom. The summed E-state index contributed by atoms with van der Waals surface area (Å²) in [5.74, 6) is 0. The number of hydrogen-bond donors (Lipinski definition) is 0. The Hall–Kier alpha value is -1.08. The summed E-state index contributed by atoms with van der Waals surface area (Å²) < 4.78 is 0. The van der Waals surface area contributed by atoms with Crippen LogP contribution in [0.4, 0.5) is 0 Å². The van der Waals surface area contributed by atoms with Gasteiger partial charge in [0.15, 0.2) is 0 Å². The number of rotatable bonds is 2. The molecule has 1 saturated heterocycles. The van der Waals surface area contributed by atoms with E-state index >= 15 is 0 Å². The van der Waals surface area contributed by atoms with E-state index in [1.165, 1.54) is 44.2 Å². The van der Waals surface area contributed by atoms with Gasteiger partial charge in [-0.15, -0.1) is 0 Å². The van der Waals surface area contributed by atoms with E-state index in [1.54, 1.807) is 0 Å². The van der Waals surface area contributed by atoms with Crippen molar-refractivity contribution in [2.45, 2.75) is 44.2 Å². The van der Waals surface area contributed by atoms with Gasteiger partial charge in [0.05, 0.1) is 0 Å². The van der Waals surface area contributed by atoms with Crippen LogP contribution in [-0.2, 0) is 6.54 Å². The number of likely N-dealkylation sites (tertiary alicyclic amines) is 1. The summed E-state index contributed by atoms with van der Waals surface area (Å²) in [5, 5.41) is 0. The Morgan fingerprint density at radius 2 is 1.88 bits per heavy atom. The predicted octanol–water partition coefficient (Wildman–Crippen LogP) is 3.76. The topological polar surface area (TPSA) is 3.24 Å². The minimum Gasteiger partial charge on any atom is -0.290 e. The monoisotopic (exact) mass is 227 g/mol. The van der Waals surface area contributed by atoms with Gasteiger partial charge in [-0.25, -0.2) is 0 Å². The molecule has 1 unspecified atom stereocenters. The molecule has 0 saturated carbocycles. The number of hydrogen-bond acceptors (Lipinski definition) is 1. The Balaban J connectivity index is 1.78. The van der Waals surface area contributed by atoms with Gasteiger partial charge in [-0.05, 0) is 44.2 Å². The highest BCUT2D eigenvalue weighted by Gasteiger charge is 2.38. The SMILES string of the molecule is C1=CC2(CCC1)CCCN2Cc1ccccc1. The highest BCUT2D eigenvalue weighted by molar-refractivity contribution is 5.19. The zero-order valence-electron chi connectivity index (χ0n) is 10.4. The zero-order valence-corrected chi connectivity index (χ0v) is 10.4. The van der Waals surface area contributed by atoms with E-state index in [0.29, 0.717) is 5.54 Å². The minimum absolute atomic E-state index is 0.397. The number of allylic oxidation sites excluding steroid dienone is 1. The van der Waals surface area contributed by atoms with Gasteiger partial charge in [-0.1, -0.05) is 42.5 Å². The van der Waals surface area contributed by atoms with E-state index in [4.69, 9.17) is 0 Å². The van der Waals surface area contributed by atoms with E-state index in [2.05, 4.69) is 47.4 Å². The first-order chi connectivity index (χ1) is 8.39. The molecule has 0 aromatic heterocycles. The summed E-state index contributed by atoms with van der Waals surface area (Å²) in [6.07, 6.45) is 11.6. The van der Waals surface area contributed by atoms with Crippen molar-refractivity contribution in [2.75, 3.05) is 6.54 Å². The molecular formula is C16H21N. The standard InChI is InChI=1S/C16H21N/c1-3-8-15(9-4-1)14-17-13-7-12-16(17)10-5-2-6-11-16/h1,3-5,8-10H,2,6-7,11-14H2. The summed E-state index contributed by atoms with van der Waals surface area (Å²) >= 11 is 0. The first kappa shape index (κ1) is 11.0. The fourth-order valence-corrected chi connectivity index (χ4v) is 3.38.